The van der Waals surface area contributed by atoms with Crippen molar-refractivity contribution in [2.75, 3.05) is 55.9 Å². The van der Waals surface area contributed by atoms with Crippen molar-refractivity contribution in [3.63, 3.8) is 0 Å². The molecule has 6 N–H and O–H groups in total. The predicted molar refractivity (Wildman–Crippen MR) is 330 cm³/mol. The first-order valence-electron chi connectivity index (χ1n) is 30.6. The van der Waals surface area contributed by atoms with Gasteiger partial charge in [-0.1, -0.05) is 95.2 Å². The molecule has 1 aliphatic heterocycles. The Kier molecular flexibility index (Phi) is 31.1. The summed E-state index contributed by atoms with van der Waals surface area (Å²) in [5, 5.41) is 34.2. The maximum atomic E-state index is 15.1. The van der Waals surface area contributed by atoms with Gasteiger partial charge in [0.25, 0.3) is 0 Å². The van der Waals surface area contributed by atoms with Crippen LogP contribution in [0.5, 0.6) is 0 Å². The van der Waals surface area contributed by atoms with Crippen molar-refractivity contribution >= 4 is 65.0 Å². The van der Waals surface area contributed by atoms with Gasteiger partial charge in [-0.15, -0.1) is 0 Å². The van der Waals surface area contributed by atoms with E-state index in [4.69, 9.17) is 0 Å². The maximum Gasteiger partial charge on any atom is 0.246 e. The molecule has 0 spiro atoms. The van der Waals surface area contributed by atoms with Crippen LogP contribution in [0.2, 0.25) is 0 Å². The highest BCUT2D eigenvalue weighted by Crippen LogP contribution is 2.26. The quantitative estimate of drug-likeness (QED) is 0.129. The highest BCUT2D eigenvalue weighted by Gasteiger charge is 2.46. The summed E-state index contributed by atoms with van der Waals surface area (Å²) in [6.07, 6.45) is 2.38. The van der Waals surface area contributed by atoms with E-state index in [0.29, 0.717) is 6.42 Å². The zero-order chi connectivity index (χ0) is 66.9. The number of carbonyl (C=O) groups excluding carboxylic acids is 11. The van der Waals surface area contributed by atoms with Gasteiger partial charge in [-0.05, 0) is 102 Å². The molecule has 0 aliphatic carbocycles. The van der Waals surface area contributed by atoms with Gasteiger partial charge >= 0.3 is 0 Å². The Hall–Kier alpha value is -6.17. The van der Waals surface area contributed by atoms with E-state index in [1.165, 1.54) is 96.6 Å². The minimum Gasteiger partial charge on any atom is -0.390 e. The van der Waals surface area contributed by atoms with Crippen molar-refractivity contribution in [1.29, 1.82) is 0 Å². The minimum absolute atomic E-state index is 0.00763. The highest BCUT2D eigenvalue weighted by atomic mass is 16.3. The van der Waals surface area contributed by atoms with E-state index in [9.17, 15) is 53.4 Å². The number of nitrogens with one attached hydrogen (secondary N) is 4. The molecule has 0 aromatic carbocycles. The molecule has 1 heterocycles. The number of allylic oxidation sites excluding steroid dienone is 2. The van der Waals surface area contributed by atoms with E-state index in [1.54, 1.807) is 60.6 Å². The van der Waals surface area contributed by atoms with Crippen LogP contribution >= 0.6 is 0 Å². The third-order valence-corrected chi connectivity index (χ3v) is 16.1. The summed E-state index contributed by atoms with van der Waals surface area (Å²) in [6.45, 7) is 28.1. The molecule has 0 aromatic rings. The minimum atomic E-state index is -1.64. The first-order valence-corrected chi connectivity index (χ1v) is 30.6. The summed E-state index contributed by atoms with van der Waals surface area (Å²) < 4.78 is 0. The van der Waals surface area contributed by atoms with Crippen LogP contribution in [-0.2, 0) is 52.7 Å². The number of aliphatic hydroxyl groups is 2. The van der Waals surface area contributed by atoms with Gasteiger partial charge in [0.1, 0.15) is 60.4 Å². The Labute approximate surface area is 513 Å². The largest absolute Gasteiger partial charge is 0.390 e. The lowest BCUT2D eigenvalue weighted by Gasteiger charge is -2.42. The first kappa shape index (κ1) is 77.8. The van der Waals surface area contributed by atoms with Crippen LogP contribution in [0, 0.1) is 35.5 Å². The summed E-state index contributed by atoms with van der Waals surface area (Å²) in [6, 6.07) is -13.0. The number of rotatable bonds is 15. The zero-order valence-electron chi connectivity index (χ0n) is 56.4. The van der Waals surface area contributed by atoms with Gasteiger partial charge < -0.3 is 65.8 Å². The van der Waals surface area contributed by atoms with Crippen molar-refractivity contribution in [2.45, 2.75) is 228 Å². The summed E-state index contributed by atoms with van der Waals surface area (Å²) in [7, 11) is 9.63. The van der Waals surface area contributed by atoms with Crippen LogP contribution in [0.25, 0.3) is 0 Å². The zero-order valence-corrected chi connectivity index (χ0v) is 56.4. The lowest BCUT2D eigenvalue weighted by atomic mass is 9.91. The summed E-state index contributed by atoms with van der Waals surface area (Å²) in [4.78, 5) is 168. The molecule has 0 bridgehead atoms. The Morgan fingerprint density at radius 2 is 0.953 bits per heavy atom. The third kappa shape index (κ3) is 21.9. The van der Waals surface area contributed by atoms with Gasteiger partial charge in [-0.3, -0.25) is 52.7 Å². The molecule has 11 amide bonds. The maximum absolute atomic E-state index is 15.1. The van der Waals surface area contributed by atoms with E-state index in [1.807, 2.05) is 41.5 Å². The molecule has 1 fully saturated rings. The summed E-state index contributed by atoms with van der Waals surface area (Å²) >= 11 is 0. The lowest BCUT2D eigenvalue weighted by molar-refractivity contribution is -0.158. The molecule has 1 aliphatic rings. The van der Waals surface area contributed by atoms with Crippen molar-refractivity contribution in [1.82, 2.24) is 55.6 Å². The molecular formula is C62H111N11O13. The molecule has 0 saturated carbocycles. The number of hydrogen-bond donors (Lipinski definition) is 6. The molecule has 492 valence electrons. The molecule has 12 atom stereocenters. The van der Waals surface area contributed by atoms with Crippen molar-refractivity contribution in [3.05, 3.63) is 12.2 Å². The van der Waals surface area contributed by atoms with Crippen LogP contribution in [0.1, 0.15) is 156 Å². The van der Waals surface area contributed by atoms with E-state index in [0.717, 1.165) is 14.7 Å². The molecule has 1 unspecified atom stereocenters. The fraction of sp³-hybridized carbons (Fsp3) is 0.790. The number of carbonyl (C=O) groups is 11. The van der Waals surface area contributed by atoms with Gasteiger partial charge in [0.2, 0.25) is 65.0 Å². The lowest BCUT2D eigenvalue weighted by Crippen LogP contribution is -2.63. The Morgan fingerprint density at radius 1 is 0.512 bits per heavy atom. The summed E-state index contributed by atoms with van der Waals surface area (Å²) in [5.41, 5.74) is -1.56. The number of likely N-dealkylation sites (N-methyl/N-ethyl adjacent to an activating group) is 7. The van der Waals surface area contributed by atoms with Gasteiger partial charge in [0, 0.05) is 55.8 Å². The third-order valence-electron chi connectivity index (χ3n) is 16.1. The Bertz CT molecular complexity index is 2370. The Balaban J connectivity index is 4.36. The average molecular weight is 1220 g/mol. The second kappa shape index (κ2) is 34.4. The van der Waals surface area contributed by atoms with E-state index < -0.39 is 161 Å². The van der Waals surface area contributed by atoms with Crippen LogP contribution in [0.15, 0.2) is 12.2 Å². The number of hydrogen-bond acceptors (Lipinski definition) is 13. The summed E-state index contributed by atoms with van der Waals surface area (Å²) in [5.74, 6) is -10.3. The normalized spacial score (nSPS) is 26.9. The van der Waals surface area contributed by atoms with Crippen LogP contribution in [0.4, 0.5) is 0 Å². The first-order chi connectivity index (χ1) is 39.5. The molecule has 86 heavy (non-hydrogen) atoms. The molecule has 0 radical (unpaired) electrons. The number of aliphatic hydroxyl groups excluding tert-OH is 1. The molecule has 24 heteroatoms. The number of amides is 11. The van der Waals surface area contributed by atoms with Gasteiger partial charge in [-0.2, -0.15) is 0 Å². The molecule has 1 saturated heterocycles. The van der Waals surface area contributed by atoms with Gasteiger partial charge in [0.05, 0.1) is 18.2 Å². The fourth-order valence-electron chi connectivity index (χ4n) is 10.7. The average Bonchev–Trinajstić information content (AvgIpc) is 2.11. The second-order valence-corrected chi connectivity index (χ2v) is 26.5. The predicted octanol–water partition coefficient (Wildman–Crippen LogP) is 2.38. The molecular weight excluding hydrogens is 1110 g/mol. The van der Waals surface area contributed by atoms with E-state index in [-0.39, 0.29) is 49.9 Å². The Morgan fingerprint density at radius 3 is 1.42 bits per heavy atom. The SMILES string of the molecule is C/C=C/C[C@@H](C)[C@@H](O)C1C(=O)N[C@@H](CC)C(=O)N(C)CC(=O)N(C)[C@@H](CC(C)C)C(=O)N[C@@H](C(C)C)C(=O)N(C)[C@@H](CC(C)C)C(=O)N[C@@H](C)C(=O)N[C@H](C)C(=O)N(C)[C@@H](CC(C)(C)O)C(=O)N(C)[C@@H](CC(C)C)C(=O)N(C)[C@@H](C(C)C)C(=O)N1C. The molecule has 0 aromatic heterocycles. The number of nitrogens with zero attached hydrogens (tertiary/aromatic N) is 7. The molecule has 24 nitrogen and oxygen atoms in total. The fourth-order valence-corrected chi connectivity index (χ4v) is 10.7. The van der Waals surface area contributed by atoms with E-state index >= 15 is 9.59 Å². The van der Waals surface area contributed by atoms with Crippen molar-refractivity contribution in [2.24, 2.45) is 35.5 Å². The van der Waals surface area contributed by atoms with Crippen molar-refractivity contribution < 1.29 is 63.0 Å². The van der Waals surface area contributed by atoms with Crippen LogP contribution < -0.4 is 21.3 Å². The monoisotopic (exact) mass is 1220 g/mol. The van der Waals surface area contributed by atoms with Gasteiger partial charge in [-0.25, -0.2) is 0 Å². The van der Waals surface area contributed by atoms with E-state index in [2.05, 4.69) is 21.3 Å². The second-order valence-electron chi connectivity index (χ2n) is 26.5. The smallest absolute Gasteiger partial charge is 0.246 e. The topological polar surface area (TPSA) is 299 Å². The highest BCUT2D eigenvalue weighted by molar-refractivity contribution is 5.99. The standard InChI is InChI=1S/C62H111N11O13/c1-25-27-28-39(13)51(75)50-55(79)65-42(26-2)57(81)67(18)33-47(74)68(19)43(29-34(3)4)54(78)66-48(37(9)10)60(84)69(20)44(30-35(5)6)53(77)63-40(14)52(76)64-41(15)56(80)71(22)46(32-62(16,17)86)59(83)70(21)45(31-36(7)8)58(82)72(23)49(38(11)12)61(85)73(50)24/h25,27,34-46,48-51,75,86H,26,28-33H2,1-24H3,(H,63,77)(H,64,76)(H,65,79)(H,66,78)/b27-25+/t39-,40+,41-,42+,43+,44+,45+,46+,48+,49+,50?,51-/m1/s1. The van der Waals surface area contributed by atoms with Crippen LogP contribution in [0.3, 0.4) is 0 Å². The van der Waals surface area contributed by atoms with Gasteiger partial charge in [0.15, 0.2) is 0 Å². The van der Waals surface area contributed by atoms with Crippen molar-refractivity contribution in [3.8, 4) is 0 Å². The molecule has 1 rings (SSSR count). The van der Waals surface area contributed by atoms with Crippen LogP contribution in [-0.4, -0.2) is 237 Å².